The predicted octanol–water partition coefficient (Wildman–Crippen LogP) is 4.95. The smallest absolute Gasteiger partial charge is 0.227 e. The van der Waals surface area contributed by atoms with Gasteiger partial charge in [0.25, 0.3) is 0 Å². The highest BCUT2D eigenvalue weighted by molar-refractivity contribution is 6.30. The van der Waals surface area contributed by atoms with Gasteiger partial charge in [-0.2, -0.15) is 0 Å². The summed E-state index contributed by atoms with van der Waals surface area (Å²) in [6, 6.07) is 15.5. The van der Waals surface area contributed by atoms with Crippen molar-refractivity contribution >= 4 is 34.1 Å². The molecule has 0 aliphatic rings. The highest BCUT2D eigenvalue weighted by Crippen LogP contribution is 2.31. The van der Waals surface area contributed by atoms with E-state index in [1.165, 1.54) is 5.56 Å². The monoisotopic (exact) mass is 378 g/mol. The number of aromatic nitrogens is 3. The van der Waals surface area contributed by atoms with Crippen LogP contribution in [0.25, 0.3) is 22.2 Å². The summed E-state index contributed by atoms with van der Waals surface area (Å²) in [6.07, 6.45) is 5.29. The standard InChI is InChI=1S/C21H19ClN4O/c22-15-5-1-6-16(12-15)25-21-23-10-9-18(26-21)17-7-2-8-19-20(17)14(13-24-19)4-3-11-27/h1-2,5-10,12-13,24,27H,3-4,11H2,(H,23,25,26). The van der Waals surface area contributed by atoms with Crippen molar-refractivity contribution in [2.24, 2.45) is 0 Å². The molecule has 0 saturated carbocycles. The lowest BCUT2D eigenvalue weighted by molar-refractivity contribution is 0.289. The average Bonchev–Trinajstić information content (AvgIpc) is 3.10. The molecule has 6 heteroatoms. The number of aliphatic hydroxyl groups is 1. The lowest BCUT2D eigenvalue weighted by Gasteiger charge is -2.09. The van der Waals surface area contributed by atoms with Crippen LogP contribution < -0.4 is 5.32 Å². The molecule has 0 unspecified atom stereocenters. The van der Waals surface area contributed by atoms with Crippen LogP contribution in [0.15, 0.2) is 60.9 Å². The van der Waals surface area contributed by atoms with Crippen LogP contribution in [0.4, 0.5) is 11.6 Å². The van der Waals surface area contributed by atoms with Gasteiger partial charge in [-0.15, -0.1) is 0 Å². The molecule has 2 aromatic heterocycles. The van der Waals surface area contributed by atoms with Gasteiger partial charge in [-0.3, -0.25) is 0 Å². The average molecular weight is 379 g/mol. The van der Waals surface area contributed by atoms with Gasteiger partial charge >= 0.3 is 0 Å². The zero-order chi connectivity index (χ0) is 18.6. The van der Waals surface area contributed by atoms with Crippen LogP contribution in [0, 0.1) is 0 Å². The molecule has 0 spiro atoms. The number of nitrogens with zero attached hydrogens (tertiary/aromatic N) is 2. The Kier molecular flexibility index (Phi) is 5.05. The van der Waals surface area contributed by atoms with Gasteiger partial charge < -0.3 is 15.4 Å². The van der Waals surface area contributed by atoms with Crippen LogP contribution in [-0.2, 0) is 6.42 Å². The maximum atomic E-state index is 9.17. The number of rotatable bonds is 6. The van der Waals surface area contributed by atoms with Crippen LogP contribution in [0.1, 0.15) is 12.0 Å². The summed E-state index contributed by atoms with van der Waals surface area (Å²) in [5.74, 6) is 0.513. The van der Waals surface area contributed by atoms with Crippen molar-refractivity contribution in [3.8, 4) is 11.3 Å². The fraction of sp³-hybridized carbons (Fsp3) is 0.143. The van der Waals surface area contributed by atoms with Gasteiger partial charge in [0.2, 0.25) is 5.95 Å². The zero-order valence-electron chi connectivity index (χ0n) is 14.6. The van der Waals surface area contributed by atoms with Crippen molar-refractivity contribution in [3.05, 3.63) is 71.5 Å². The van der Waals surface area contributed by atoms with Crippen molar-refractivity contribution in [1.82, 2.24) is 15.0 Å². The van der Waals surface area contributed by atoms with Gasteiger partial charge in [-0.05, 0) is 48.7 Å². The minimum atomic E-state index is 0.177. The SMILES string of the molecule is OCCCc1c[nH]c2cccc(-c3ccnc(Nc4cccc(Cl)c4)n3)c12. The maximum absolute atomic E-state index is 9.17. The Balaban J connectivity index is 1.72. The molecular weight excluding hydrogens is 360 g/mol. The molecule has 0 radical (unpaired) electrons. The third-order valence-corrected chi connectivity index (χ3v) is 4.64. The van der Waals surface area contributed by atoms with E-state index in [1.54, 1.807) is 6.20 Å². The third-order valence-electron chi connectivity index (χ3n) is 4.40. The Morgan fingerprint density at radius 1 is 1.11 bits per heavy atom. The van der Waals surface area contributed by atoms with E-state index in [0.717, 1.165) is 40.7 Å². The molecule has 2 aromatic carbocycles. The largest absolute Gasteiger partial charge is 0.396 e. The topological polar surface area (TPSA) is 73.8 Å². The van der Waals surface area contributed by atoms with Gasteiger partial charge in [-0.1, -0.05) is 29.8 Å². The minimum Gasteiger partial charge on any atom is -0.396 e. The van der Waals surface area contributed by atoms with Gasteiger partial charge in [0.05, 0.1) is 5.69 Å². The molecular formula is C21H19ClN4O. The Hall–Kier alpha value is -2.89. The molecule has 0 atom stereocenters. The van der Waals surface area contributed by atoms with Crippen LogP contribution in [0.5, 0.6) is 0 Å². The molecule has 0 aliphatic carbocycles. The number of H-pyrrole nitrogens is 1. The Bertz CT molecular complexity index is 1080. The molecule has 0 aliphatic heterocycles. The number of aliphatic hydroxyl groups excluding tert-OH is 1. The molecule has 0 fully saturated rings. The number of aryl methyl sites for hydroxylation is 1. The van der Waals surface area contributed by atoms with Crippen molar-refractivity contribution < 1.29 is 5.11 Å². The molecule has 27 heavy (non-hydrogen) atoms. The quantitative estimate of drug-likeness (QED) is 0.444. The van der Waals surface area contributed by atoms with E-state index >= 15 is 0 Å². The summed E-state index contributed by atoms with van der Waals surface area (Å²) in [4.78, 5) is 12.3. The number of hydrogen-bond donors (Lipinski definition) is 3. The molecule has 0 amide bonds. The molecule has 4 rings (SSSR count). The van der Waals surface area contributed by atoms with Crippen LogP contribution in [-0.4, -0.2) is 26.7 Å². The summed E-state index contributed by atoms with van der Waals surface area (Å²) in [6.45, 7) is 0.177. The van der Waals surface area contributed by atoms with E-state index in [4.69, 9.17) is 16.6 Å². The van der Waals surface area contributed by atoms with Crippen LogP contribution in [0.3, 0.4) is 0 Å². The second kappa shape index (κ2) is 7.78. The van der Waals surface area contributed by atoms with E-state index in [2.05, 4.69) is 21.4 Å². The molecule has 0 bridgehead atoms. The molecule has 3 N–H and O–H groups in total. The van der Waals surface area contributed by atoms with Crippen LogP contribution >= 0.6 is 11.6 Å². The van der Waals surface area contributed by atoms with Crippen LogP contribution in [0.2, 0.25) is 5.02 Å². The first-order chi connectivity index (χ1) is 13.2. The second-order valence-electron chi connectivity index (χ2n) is 6.27. The highest BCUT2D eigenvalue weighted by Gasteiger charge is 2.12. The number of hydrogen-bond acceptors (Lipinski definition) is 4. The fourth-order valence-corrected chi connectivity index (χ4v) is 3.39. The summed E-state index contributed by atoms with van der Waals surface area (Å²) in [7, 11) is 0. The van der Waals surface area contributed by atoms with Crippen molar-refractivity contribution in [1.29, 1.82) is 0 Å². The minimum absolute atomic E-state index is 0.177. The first-order valence-electron chi connectivity index (χ1n) is 8.80. The van der Waals surface area contributed by atoms with Crippen molar-refractivity contribution in [3.63, 3.8) is 0 Å². The normalized spacial score (nSPS) is 11.0. The number of nitrogens with one attached hydrogen (secondary N) is 2. The first-order valence-corrected chi connectivity index (χ1v) is 9.18. The van der Waals surface area contributed by atoms with E-state index < -0.39 is 0 Å². The number of anilines is 2. The molecule has 136 valence electrons. The Morgan fingerprint density at radius 2 is 2.00 bits per heavy atom. The lowest BCUT2D eigenvalue weighted by atomic mass is 10.0. The van der Waals surface area contributed by atoms with Gasteiger partial charge in [0.15, 0.2) is 0 Å². The molecule has 0 saturated heterocycles. The number of aromatic amines is 1. The molecule has 2 heterocycles. The van der Waals surface area contributed by atoms with Gasteiger partial charge in [-0.25, -0.2) is 9.97 Å². The Morgan fingerprint density at radius 3 is 2.85 bits per heavy atom. The van der Waals surface area contributed by atoms with E-state index in [1.807, 2.05) is 48.7 Å². The lowest BCUT2D eigenvalue weighted by Crippen LogP contribution is -1.98. The zero-order valence-corrected chi connectivity index (χ0v) is 15.4. The number of halogens is 1. The Labute approximate surface area is 162 Å². The van der Waals surface area contributed by atoms with E-state index in [9.17, 15) is 5.11 Å². The van der Waals surface area contributed by atoms with Crippen molar-refractivity contribution in [2.45, 2.75) is 12.8 Å². The predicted molar refractivity (Wildman–Crippen MR) is 109 cm³/mol. The molecule has 5 nitrogen and oxygen atoms in total. The third kappa shape index (κ3) is 3.79. The second-order valence-corrected chi connectivity index (χ2v) is 6.71. The summed E-state index contributed by atoms with van der Waals surface area (Å²) >= 11 is 6.05. The first kappa shape index (κ1) is 17.5. The highest BCUT2D eigenvalue weighted by atomic mass is 35.5. The summed E-state index contributed by atoms with van der Waals surface area (Å²) in [5, 5.41) is 14.2. The maximum Gasteiger partial charge on any atom is 0.227 e. The van der Waals surface area contributed by atoms with E-state index in [0.29, 0.717) is 11.0 Å². The van der Waals surface area contributed by atoms with Gasteiger partial charge in [0, 0.05) is 46.2 Å². The van der Waals surface area contributed by atoms with E-state index in [-0.39, 0.29) is 6.61 Å². The van der Waals surface area contributed by atoms with Crippen molar-refractivity contribution in [2.75, 3.05) is 11.9 Å². The summed E-state index contributed by atoms with van der Waals surface area (Å²) < 4.78 is 0. The summed E-state index contributed by atoms with van der Waals surface area (Å²) in [5.41, 5.74) is 4.95. The van der Waals surface area contributed by atoms with Gasteiger partial charge in [0.1, 0.15) is 0 Å². The fourth-order valence-electron chi connectivity index (χ4n) is 3.20. The number of fused-ring (bicyclic) bond motifs is 1. The number of benzene rings is 2. The molecule has 4 aromatic rings.